The molecule has 1 saturated heterocycles. The van der Waals surface area contributed by atoms with Crippen LogP contribution in [0.1, 0.15) is 48.3 Å². The van der Waals surface area contributed by atoms with Gasteiger partial charge in [-0.25, -0.2) is 0 Å². The van der Waals surface area contributed by atoms with E-state index in [2.05, 4.69) is 12.0 Å². The van der Waals surface area contributed by atoms with Gasteiger partial charge in [-0.1, -0.05) is 6.92 Å². The Kier molecular flexibility index (Phi) is 4.12. The van der Waals surface area contributed by atoms with Crippen LogP contribution in [-0.4, -0.2) is 40.2 Å². The second-order valence-electron chi connectivity index (χ2n) is 6.34. The number of rotatable bonds is 3. The van der Waals surface area contributed by atoms with Gasteiger partial charge in [0.05, 0.1) is 0 Å². The van der Waals surface area contributed by atoms with Crippen LogP contribution in [0.4, 0.5) is 0 Å². The van der Waals surface area contributed by atoms with Crippen molar-refractivity contribution >= 4 is 18.3 Å². The van der Waals surface area contributed by atoms with Gasteiger partial charge >= 0.3 is 0 Å². The number of nitrogens with zero attached hydrogens (tertiary/aromatic N) is 3. The number of nitrogens with two attached hydrogens (primary N) is 1. The lowest BCUT2D eigenvalue weighted by Gasteiger charge is -2.21. The molecule has 0 aromatic carbocycles. The van der Waals surface area contributed by atoms with Gasteiger partial charge in [0.1, 0.15) is 0 Å². The third-order valence-electron chi connectivity index (χ3n) is 4.47. The minimum absolute atomic E-state index is 0. The number of aromatic nitrogens is 2. The van der Waals surface area contributed by atoms with Crippen LogP contribution in [0.15, 0.2) is 6.07 Å². The summed E-state index contributed by atoms with van der Waals surface area (Å²) in [5.41, 5.74) is 7.65. The number of carbonyl (C=O) groups is 1. The van der Waals surface area contributed by atoms with Gasteiger partial charge in [-0.15, -0.1) is 12.4 Å². The fourth-order valence-electron chi connectivity index (χ4n) is 2.87. The molecule has 1 aliphatic heterocycles. The lowest BCUT2D eigenvalue weighted by molar-refractivity contribution is 0.0770. The molecule has 112 valence electrons. The average molecular weight is 299 g/mol. The number of hydrogen-bond acceptors (Lipinski definition) is 3. The van der Waals surface area contributed by atoms with Crippen LogP contribution in [0.3, 0.4) is 0 Å². The third kappa shape index (κ3) is 2.69. The average Bonchev–Trinajstić information content (AvgIpc) is 3.05. The van der Waals surface area contributed by atoms with E-state index in [9.17, 15) is 4.79 Å². The smallest absolute Gasteiger partial charge is 0.274 e. The fourth-order valence-corrected chi connectivity index (χ4v) is 2.87. The molecule has 0 bridgehead atoms. The Balaban J connectivity index is 0.00000147. The van der Waals surface area contributed by atoms with Crippen LogP contribution in [0.2, 0.25) is 0 Å². The van der Waals surface area contributed by atoms with Crippen LogP contribution < -0.4 is 5.73 Å². The number of likely N-dealkylation sites (tertiary alicyclic amines) is 1. The molecule has 0 spiro atoms. The van der Waals surface area contributed by atoms with Crippen LogP contribution in [0, 0.1) is 5.41 Å². The van der Waals surface area contributed by atoms with Crippen LogP contribution in [0.25, 0.3) is 0 Å². The Bertz CT molecular complexity index is 511. The molecule has 1 aliphatic carbocycles. The largest absolute Gasteiger partial charge is 0.337 e. The molecule has 1 atom stereocenters. The SMILES string of the molecule is Cl.Cn1nc(C(=O)N2CCC(C)(CN)C2)cc1C1CC1. The van der Waals surface area contributed by atoms with Gasteiger partial charge in [0.2, 0.25) is 0 Å². The zero-order valence-electron chi connectivity index (χ0n) is 12.1. The molecule has 2 fully saturated rings. The van der Waals surface area contributed by atoms with Crippen LogP contribution >= 0.6 is 12.4 Å². The summed E-state index contributed by atoms with van der Waals surface area (Å²) in [5.74, 6) is 0.673. The molecule has 2 N–H and O–H groups in total. The normalized spacial score (nSPS) is 25.6. The zero-order valence-corrected chi connectivity index (χ0v) is 12.9. The zero-order chi connectivity index (χ0) is 13.6. The maximum Gasteiger partial charge on any atom is 0.274 e. The van der Waals surface area contributed by atoms with Gasteiger partial charge in [0, 0.05) is 31.7 Å². The quantitative estimate of drug-likeness (QED) is 0.920. The highest BCUT2D eigenvalue weighted by Gasteiger charge is 2.36. The number of hydrogen-bond donors (Lipinski definition) is 1. The molecule has 1 unspecified atom stereocenters. The van der Waals surface area contributed by atoms with Gasteiger partial charge in [0.25, 0.3) is 5.91 Å². The number of amides is 1. The number of carbonyl (C=O) groups excluding carboxylic acids is 1. The van der Waals surface area contributed by atoms with E-state index < -0.39 is 0 Å². The van der Waals surface area contributed by atoms with Crippen molar-refractivity contribution in [2.75, 3.05) is 19.6 Å². The van der Waals surface area contributed by atoms with Gasteiger partial charge < -0.3 is 10.6 Å². The Morgan fingerprint density at radius 1 is 1.55 bits per heavy atom. The minimum Gasteiger partial charge on any atom is -0.337 e. The first-order chi connectivity index (χ1) is 9.02. The molecule has 2 aliphatic rings. The van der Waals surface area contributed by atoms with E-state index in [0.717, 1.165) is 19.5 Å². The lowest BCUT2D eigenvalue weighted by Crippen LogP contribution is -2.34. The maximum absolute atomic E-state index is 12.5. The standard InChI is InChI=1S/C14H22N4O.ClH/c1-14(8-15)5-6-18(9-14)13(19)11-7-12(10-3-4-10)17(2)16-11;/h7,10H,3-6,8-9,15H2,1-2H3;1H. The lowest BCUT2D eigenvalue weighted by atomic mass is 9.90. The fraction of sp³-hybridized carbons (Fsp3) is 0.714. The Labute approximate surface area is 125 Å². The van der Waals surface area contributed by atoms with Gasteiger partial charge in [-0.05, 0) is 37.3 Å². The first kappa shape index (κ1) is 15.3. The first-order valence-electron chi connectivity index (χ1n) is 7.06. The van der Waals surface area contributed by atoms with E-state index in [4.69, 9.17) is 5.73 Å². The third-order valence-corrected chi connectivity index (χ3v) is 4.47. The minimum atomic E-state index is 0. The van der Waals surface area contributed by atoms with Gasteiger partial charge in [-0.2, -0.15) is 5.10 Å². The molecule has 2 heterocycles. The maximum atomic E-state index is 12.5. The monoisotopic (exact) mass is 298 g/mol. The summed E-state index contributed by atoms with van der Waals surface area (Å²) < 4.78 is 1.86. The molecule has 1 saturated carbocycles. The predicted octanol–water partition coefficient (Wildman–Crippen LogP) is 1.53. The molecule has 1 aromatic heterocycles. The second kappa shape index (κ2) is 5.37. The molecule has 6 heteroatoms. The van der Waals surface area contributed by atoms with Crippen molar-refractivity contribution in [3.8, 4) is 0 Å². The highest BCUT2D eigenvalue weighted by molar-refractivity contribution is 5.92. The van der Waals surface area contributed by atoms with E-state index in [0.29, 0.717) is 18.2 Å². The number of halogens is 1. The van der Waals surface area contributed by atoms with E-state index in [1.54, 1.807) is 0 Å². The van der Waals surface area contributed by atoms with Crippen molar-refractivity contribution in [1.29, 1.82) is 0 Å². The van der Waals surface area contributed by atoms with Crippen LogP contribution in [0.5, 0.6) is 0 Å². The van der Waals surface area contributed by atoms with Crippen molar-refractivity contribution in [2.24, 2.45) is 18.2 Å². The van der Waals surface area contributed by atoms with Crippen molar-refractivity contribution in [3.63, 3.8) is 0 Å². The highest BCUT2D eigenvalue weighted by Crippen LogP contribution is 2.40. The van der Waals surface area contributed by atoms with Gasteiger partial charge in [-0.3, -0.25) is 9.48 Å². The summed E-state index contributed by atoms with van der Waals surface area (Å²) in [6, 6.07) is 1.97. The summed E-state index contributed by atoms with van der Waals surface area (Å²) in [6.45, 7) is 4.32. The summed E-state index contributed by atoms with van der Waals surface area (Å²) >= 11 is 0. The van der Waals surface area contributed by atoms with Crippen molar-refractivity contribution < 1.29 is 4.79 Å². The summed E-state index contributed by atoms with van der Waals surface area (Å²) in [5, 5.41) is 4.38. The molecule has 1 amide bonds. The van der Waals surface area contributed by atoms with Gasteiger partial charge in [0.15, 0.2) is 5.69 Å². The molecule has 3 rings (SSSR count). The van der Waals surface area contributed by atoms with Crippen molar-refractivity contribution in [3.05, 3.63) is 17.5 Å². The predicted molar refractivity (Wildman–Crippen MR) is 80.1 cm³/mol. The summed E-state index contributed by atoms with van der Waals surface area (Å²) in [7, 11) is 1.93. The van der Waals surface area contributed by atoms with E-state index in [1.807, 2.05) is 22.7 Å². The molecule has 1 aromatic rings. The highest BCUT2D eigenvalue weighted by atomic mass is 35.5. The van der Waals surface area contributed by atoms with E-state index >= 15 is 0 Å². The van der Waals surface area contributed by atoms with E-state index in [-0.39, 0.29) is 23.7 Å². The van der Waals surface area contributed by atoms with Crippen molar-refractivity contribution in [1.82, 2.24) is 14.7 Å². The second-order valence-corrected chi connectivity index (χ2v) is 6.34. The van der Waals surface area contributed by atoms with E-state index in [1.165, 1.54) is 18.5 Å². The molecule has 0 radical (unpaired) electrons. The summed E-state index contributed by atoms with van der Waals surface area (Å²) in [4.78, 5) is 14.4. The summed E-state index contributed by atoms with van der Waals surface area (Å²) in [6.07, 6.45) is 3.43. The first-order valence-corrected chi connectivity index (χ1v) is 7.06. The molecule has 5 nitrogen and oxygen atoms in total. The molecular formula is C14H23ClN4O. The Morgan fingerprint density at radius 2 is 2.25 bits per heavy atom. The molecule has 20 heavy (non-hydrogen) atoms. The molecular weight excluding hydrogens is 276 g/mol. The topological polar surface area (TPSA) is 64.2 Å². The number of aryl methyl sites for hydroxylation is 1. The Hall–Kier alpha value is -1.07. The van der Waals surface area contributed by atoms with Crippen LogP contribution in [-0.2, 0) is 7.05 Å². The Morgan fingerprint density at radius 3 is 2.80 bits per heavy atom. The van der Waals surface area contributed by atoms with Crippen molar-refractivity contribution in [2.45, 2.75) is 32.1 Å².